The molecular weight excluding hydrogens is 268 g/mol. The Kier molecular flexibility index (Phi) is 4.93. The highest BCUT2D eigenvalue weighted by atomic mass is 79.9. The van der Waals surface area contributed by atoms with Crippen LogP contribution in [0, 0.1) is 5.92 Å². The number of hydrogen-bond acceptors (Lipinski definition) is 2. The van der Waals surface area contributed by atoms with Crippen molar-refractivity contribution < 1.29 is 4.79 Å². The summed E-state index contributed by atoms with van der Waals surface area (Å²) in [5.41, 5.74) is 0. The molecule has 0 bridgehead atoms. The van der Waals surface area contributed by atoms with Crippen molar-refractivity contribution in [2.24, 2.45) is 5.92 Å². The summed E-state index contributed by atoms with van der Waals surface area (Å²) < 4.78 is 0.916. The minimum absolute atomic E-state index is 0.114. The Morgan fingerprint density at radius 1 is 1.50 bits per heavy atom. The number of amides is 1. The molecule has 1 heterocycles. The van der Waals surface area contributed by atoms with Gasteiger partial charge in [-0.25, -0.2) is 4.98 Å². The van der Waals surface area contributed by atoms with Crippen LogP contribution in [0.5, 0.6) is 0 Å². The van der Waals surface area contributed by atoms with Crippen molar-refractivity contribution in [1.29, 1.82) is 0 Å². The standard InChI is InChI=1S/C12H17BrN2O/c1-9(2)4-7-12(16)15(3)11-6-5-10(13)8-14-11/h5-6,8-9H,4,7H2,1-3H3. The first kappa shape index (κ1) is 13.2. The van der Waals surface area contributed by atoms with Crippen LogP contribution in [0.2, 0.25) is 0 Å². The van der Waals surface area contributed by atoms with Gasteiger partial charge >= 0.3 is 0 Å². The summed E-state index contributed by atoms with van der Waals surface area (Å²) in [4.78, 5) is 17.6. The van der Waals surface area contributed by atoms with Crippen LogP contribution in [0.1, 0.15) is 26.7 Å². The summed E-state index contributed by atoms with van der Waals surface area (Å²) in [6.45, 7) is 4.23. The van der Waals surface area contributed by atoms with Crippen molar-refractivity contribution >= 4 is 27.7 Å². The van der Waals surface area contributed by atoms with E-state index < -0.39 is 0 Å². The zero-order valence-corrected chi connectivity index (χ0v) is 11.5. The monoisotopic (exact) mass is 284 g/mol. The van der Waals surface area contributed by atoms with Crippen molar-refractivity contribution in [2.75, 3.05) is 11.9 Å². The van der Waals surface area contributed by atoms with E-state index in [0.29, 0.717) is 18.2 Å². The summed E-state index contributed by atoms with van der Waals surface area (Å²) in [7, 11) is 1.76. The number of hydrogen-bond donors (Lipinski definition) is 0. The van der Waals surface area contributed by atoms with Crippen molar-refractivity contribution in [2.45, 2.75) is 26.7 Å². The molecule has 0 atom stereocenters. The molecule has 0 spiro atoms. The molecule has 0 radical (unpaired) electrons. The Morgan fingerprint density at radius 3 is 2.69 bits per heavy atom. The van der Waals surface area contributed by atoms with Gasteiger partial charge in [0.1, 0.15) is 5.82 Å². The van der Waals surface area contributed by atoms with Crippen LogP contribution in [-0.4, -0.2) is 17.9 Å². The molecule has 0 N–H and O–H groups in total. The zero-order valence-electron chi connectivity index (χ0n) is 9.90. The first-order chi connectivity index (χ1) is 7.50. The fourth-order valence-corrected chi connectivity index (χ4v) is 1.51. The molecule has 88 valence electrons. The van der Waals surface area contributed by atoms with E-state index in [9.17, 15) is 4.79 Å². The van der Waals surface area contributed by atoms with Crippen molar-refractivity contribution in [3.8, 4) is 0 Å². The summed E-state index contributed by atoms with van der Waals surface area (Å²) >= 11 is 3.32. The van der Waals surface area contributed by atoms with E-state index in [1.807, 2.05) is 12.1 Å². The van der Waals surface area contributed by atoms with Crippen LogP contribution >= 0.6 is 15.9 Å². The maximum Gasteiger partial charge on any atom is 0.227 e. The molecule has 0 aromatic carbocycles. The van der Waals surface area contributed by atoms with Crippen molar-refractivity contribution in [3.63, 3.8) is 0 Å². The van der Waals surface area contributed by atoms with Gasteiger partial charge in [0, 0.05) is 24.1 Å². The van der Waals surface area contributed by atoms with E-state index in [4.69, 9.17) is 0 Å². The average Bonchev–Trinajstić information content (AvgIpc) is 2.26. The molecule has 1 amide bonds. The fourth-order valence-electron chi connectivity index (χ4n) is 1.27. The third-order valence-corrected chi connectivity index (χ3v) is 2.83. The average molecular weight is 285 g/mol. The molecule has 16 heavy (non-hydrogen) atoms. The van der Waals surface area contributed by atoms with Gasteiger partial charge in [-0.15, -0.1) is 0 Å². The summed E-state index contributed by atoms with van der Waals surface area (Å²) in [5, 5.41) is 0. The molecule has 0 saturated heterocycles. The lowest BCUT2D eigenvalue weighted by atomic mass is 10.1. The molecular formula is C12H17BrN2O. The highest BCUT2D eigenvalue weighted by Crippen LogP contribution is 2.15. The third-order valence-electron chi connectivity index (χ3n) is 2.37. The number of aromatic nitrogens is 1. The summed E-state index contributed by atoms with van der Waals surface area (Å²) in [6, 6.07) is 3.71. The normalized spacial score (nSPS) is 10.6. The molecule has 4 heteroatoms. The van der Waals surface area contributed by atoms with E-state index in [1.54, 1.807) is 18.1 Å². The summed E-state index contributed by atoms with van der Waals surface area (Å²) in [5.74, 6) is 1.36. The Balaban J connectivity index is 2.59. The molecule has 0 aliphatic heterocycles. The van der Waals surface area contributed by atoms with E-state index in [0.717, 1.165) is 10.9 Å². The fraction of sp³-hybridized carbons (Fsp3) is 0.500. The van der Waals surface area contributed by atoms with Gasteiger partial charge in [-0.05, 0) is 40.4 Å². The van der Waals surface area contributed by atoms with Crippen LogP contribution in [-0.2, 0) is 4.79 Å². The second-order valence-corrected chi connectivity index (χ2v) is 5.14. The van der Waals surface area contributed by atoms with Gasteiger partial charge < -0.3 is 0 Å². The zero-order chi connectivity index (χ0) is 12.1. The van der Waals surface area contributed by atoms with Crippen LogP contribution in [0.4, 0.5) is 5.82 Å². The molecule has 0 aliphatic carbocycles. The van der Waals surface area contributed by atoms with E-state index in [-0.39, 0.29) is 5.91 Å². The topological polar surface area (TPSA) is 33.2 Å². The number of carbonyl (C=O) groups excluding carboxylic acids is 1. The van der Waals surface area contributed by atoms with Crippen molar-refractivity contribution in [1.82, 2.24) is 4.98 Å². The number of rotatable bonds is 4. The molecule has 0 aliphatic rings. The second-order valence-electron chi connectivity index (χ2n) is 4.22. The molecule has 1 aromatic heterocycles. The molecule has 1 aromatic rings. The van der Waals surface area contributed by atoms with E-state index >= 15 is 0 Å². The molecule has 0 unspecified atom stereocenters. The predicted molar refractivity (Wildman–Crippen MR) is 69.4 cm³/mol. The molecule has 0 fully saturated rings. The number of pyridine rings is 1. The van der Waals surface area contributed by atoms with Gasteiger partial charge in [0.2, 0.25) is 5.91 Å². The quantitative estimate of drug-likeness (QED) is 0.850. The second kappa shape index (κ2) is 5.99. The minimum atomic E-state index is 0.114. The molecule has 3 nitrogen and oxygen atoms in total. The highest BCUT2D eigenvalue weighted by Gasteiger charge is 2.12. The summed E-state index contributed by atoms with van der Waals surface area (Å²) in [6.07, 6.45) is 3.19. The van der Waals surface area contributed by atoms with Gasteiger partial charge in [-0.3, -0.25) is 9.69 Å². The number of carbonyl (C=O) groups is 1. The highest BCUT2D eigenvalue weighted by molar-refractivity contribution is 9.10. The Labute approximate surface area is 105 Å². The number of nitrogens with zero attached hydrogens (tertiary/aromatic N) is 2. The Hall–Kier alpha value is -0.900. The van der Waals surface area contributed by atoms with Gasteiger partial charge in [-0.1, -0.05) is 13.8 Å². The molecule has 1 rings (SSSR count). The van der Waals surface area contributed by atoms with E-state index in [2.05, 4.69) is 34.8 Å². The number of halogens is 1. The lowest BCUT2D eigenvalue weighted by Crippen LogP contribution is -2.27. The first-order valence-corrected chi connectivity index (χ1v) is 6.18. The number of anilines is 1. The van der Waals surface area contributed by atoms with Crippen LogP contribution in [0.25, 0.3) is 0 Å². The Morgan fingerprint density at radius 2 is 2.19 bits per heavy atom. The van der Waals surface area contributed by atoms with Gasteiger partial charge in [0.15, 0.2) is 0 Å². The maximum absolute atomic E-state index is 11.8. The maximum atomic E-state index is 11.8. The van der Waals surface area contributed by atoms with Crippen LogP contribution in [0.3, 0.4) is 0 Å². The lowest BCUT2D eigenvalue weighted by Gasteiger charge is -2.16. The van der Waals surface area contributed by atoms with Crippen molar-refractivity contribution in [3.05, 3.63) is 22.8 Å². The lowest BCUT2D eigenvalue weighted by molar-refractivity contribution is -0.118. The van der Waals surface area contributed by atoms with Gasteiger partial charge in [0.05, 0.1) is 0 Å². The van der Waals surface area contributed by atoms with Gasteiger partial charge in [-0.2, -0.15) is 0 Å². The van der Waals surface area contributed by atoms with Crippen LogP contribution in [0.15, 0.2) is 22.8 Å². The Bertz CT molecular complexity index is 349. The third kappa shape index (κ3) is 3.93. The largest absolute Gasteiger partial charge is 0.300 e. The first-order valence-electron chi connectivity index (χ1n) is 5.39. The minimum Gasteiger partial charge on any atom is -0.300 e. The SMILES string of the molecule is CC(C)CCC(=O)N(C)c1ccc(Br)cn1. The smallest absolute Gasteiger partial charge is 0.227 e. The van der Waals surface area contributed by atoms with Crippen LogP contribution < -0.4 is 4.90 Å². The molecule has 0 saturated carbocycles. The predicted octanol–water partition coefficient (Wildman–Crippen LogP) is 3.24. The van der Waals surface area contributed by atoms with E-state index in [1.165, 1.54) is 0 Å². The van der Waals surface area contributed by atoms with Gasteiger partial charge in [0.25, 0.3) is 0 Å².